The average Bonchev–Trinajstić information content (AvgIpc) is 3.19. The maximum atomic E-state index is 13.0. The van der Waals surface area contributed by atoms with Crippen molar-refractivity contribution in [2.24, 2.45) is 0 Å². The Morgan fingerprint density at radius 1 is 1.00 bits per heavy atom. The van der Waals surface area contributed by atoms with E-state index in [1.165, 1.54) is 18.2 Å². The fourth-order valence-corrected chi connectivity index (χ4v) is 3.51. The van der Waals surface area contributed by atoms with E-state index in [0.717, 1.165) is 16.0 Å². The lowest BCUT2D eigenvalue weighted by Crippen LogP contribution is -2.54. The molecule has 8 heteroatoms. The van der Waals surface area contributed by atoms with Gasteiger partial charge in [0.15, 0.2) is 0 Å². The minimum atomic E-state index is -1.07. The Kier molecular flexibility index (Phi) is 5.19. The lowest BCUT2D eigenvalue weighted by atomic mass is 10.1. The van der Waals surface area contributed by atoms with Gasteiger partial charge in [0.1, 0.15) is 17.1 Å². The molecule has 2 heterocycles. The zero-order valence-electron chi connectivity index (χ0n) is 17.2. The summed E-state index contributed by atoms with van der Waals surface area (Å²) < 4.78 is 5.70. The third-order valence-electron chi connectivity index (χ3n) is 4.87. The van der Waals surface area contributed by atoms with Crippen molar-refractivity contribution in [1.82, 2.24) is 5.32 Å². The molecule has 32 heavy (non-hydrogen) atoms. The molecule has 0 radical (unpaired) electrons. The van der Waals surface area contributed by atoms with Gasteiger partial charge in [0.2, 0.25) is 0 Å². The van der Waals surface area contributed by atoms with E-state index in [1.54, 1.807) is 36.4 Å². The van der Waals surface area contributed by atoms with Gasteiger partial charge in [-0.25, -0.2) is 14.5 Å². The first-order chi connectivity index (χ1) is 15.2. The number of furan rings is 1. The molecule has 1 aliphatic heterocycles. The van der Waals surface area contributed by atoms with E-state index in [4.69, 9.17) is 9.52 Å². The molecule has 1 saturated heterocycles. The molecule has 1 aromatic heterocycles. The molecular formula is C24H18N2O6. The van der Waals surface area contributed by atoms with Crippen molar-refractivity contribution < 1.29 is 28.7 Å². The normalized spacial score (nSPS) is 15.2. The van der Waals surface area contributed by atoms with Crippen molar-refractivity contribution in [3.8, 4) is 11.3 Å². The molecule has 2 N–H and O–H groups in total. The third kappa shape index (κ3) is 3.93. The van der Waals surface area contributed by atoms with Crippen LogP contribution < -0.4 is 10.2 Å². The number of carboxylic acid groups (broad SMARTS) is 1. The summed E-state index contributed by atoms with van der Waals surface area (Å²) in [5, 5.41) is 11.3. The number of nitrogens with one attached hydrogen (secondary N) is 1. The van der Waals surface area contributed by atoms with Gasteiger partial charge in [-0.1, -0.05) is 18.2 Å². The molecule has 0 aliphatic carbocycles. The number of hydrogen-bond acceptors (Lipinski definition) is 5. The zero-order chi connectivity index (χ0) is 23.0. The van der Waals surface area contributed by atoms with Crippen LogP contribution in [0, 0.1) is 13.8 Å². The van der Waals surface area contributed by atoms with E-state index in [0.29, 0.717) is 17.0 Å². The van der Waals surface area contributed by atoms with Crippen LogP contribution in [-0.2, 0) is 9.59 Å². The number of imide groups is 2. The Morgan fingerprint density at radius 3 is 2.41 bits per heavy atom. The van der Waals surface area contributed by atoms with Crippen LogP contribution in [0.5, 0.6) is 0 Å². The van der Waals surface area contributed by atoms with Crippen LogP contribution in [0.1, 0.15) is 27.2 Å². The average molecular weight is 430 g/mol. The van der Waals surface area contributed by atoms with Gasteiger partial charge in [-0.2, -0.15) is 0 Å². The number of rotatable bonds is 4. The van der Waals surface area contributed by atoms with E-state index in [-0.39, 0.29) is 16.9 Å². The summed E-state index contributed by atoms with van der Waals surface area (Å²) in [6.45, 7) is 3.68. The maximum absolute atomic E-state index is 13.0. The summed E-state index contributed by atoms with van der Waals surface area (Å²) in [6, 6.07) is 13.8. The number of amides is 4. The summed E-state index contributed by atoms with van der Waals surface area (Å²) in [4.78, 5) is 49.9. The highest BCUT2D eigenvalue weighted by atomic mass is 16.4. The number of anilines is 1. The van der Waals surface area contributed by atoms with Gasteiger partial charge in [-0.3, -0.25) is 14.9 Å². The lowest BCUT2D eigenvalue weighted by molar-refractivity contribution is -0.122. The number of barbiturate groups is 1. The smallest absolute Gasteiger partial charge is 0.335 e. The van der Waals surface area contributed by atoms with Gasteiger partial charge in [-0.15, -0.1) is 0 Å². The second-order valence-electron chi connectivity index (χ2n) is 7.39. The van der Waals surface area contributed by atoms with Crippen LogP contribution in [0.25, 0.3) is 17.4 Å². The summed E-state index contributed by atoms with van der Waals surface area (Å²) >= 11 is 0. The number of aryl methyl sites for hydroxylation is 2. The second kappa shape index (κ2) is 7.99. The Balaban J connectivity index is 1.68. The largest absolute Gasteiger partial charge is 0.478 e. The van der Waals surface area contributed by atoms with Crippen LogP contribution in [-0.4, -0.2) is 28.9 Å². The van der Waals surface area contributed by atoms with Crippen LogP contribution >= 0.6 is 0 Å². The molecule has 0 unspecified atom stereocenters. The summed E-state index contributed by atoms with van der Waals surface area (Å²) in [7, 11) is 0. The molecule has 1 aliphatic rings. The summed E-state index contributed by atoms with van der Waals surface area (Å²) in [6.07, 6.45) is 1.25. The first kappa shape index (κ1) is 20.8. The van der Waals surface area contributed by atoms with Crippen LogP contribution in [0.4, 0.5) is 10.5 Å². The zero-order valence-corrected chi connectivity index (χ0v) is 17.2. The van der Waals surface area contributed by atoms with Gasteiger partial charge in [0.25, 0.3) is 11.8 Å². The Bertz CT molecular complexity index is 1300. The van der Waals surface area contributed by atoms with Crippen molar-refractivity contribution in [3.63, 3.8) is 0 Å². The number of carboxylic acids is 1. The molecule has 0 atom stereocenters. The fraction of sp³-hybridized carbons (Fsp3) is 0.0833. The molecule has 160 valence electrons. The molecule has 3 aromatic rings. The number of urea groups is 1. The first-order valence-corrected chi connectivity index (χ1v) is 9.66. The first-order valence-electron chi connectivity index (χ1n) is 9.66. The molecule has 4 amide bonds. The molecule has 0 saturated carbocycles. The second-order valence-corrected chi connectivity index (χ2v) is 7.39. The van der Waals surface area contributed by atoms with Crippen molar-refractivity contribution in [3.05, 3.63) is 82.6 Å². The predicted molar refractivity (Wildman–Crippen MR) is 116 cm³/mol. The van der Waals surface area contributed by atoms with Crippen molar-refractivity contribution in [1.29, 1.82) is 0 Å². The summed E-state index contributed by atoms with van der Waals surface area (Å²) in [5.41, 5.74) is 2.45. The topological polar surface area (TPSA) is 117 Å². The molecule has 2 aromatic carbocycles. The summed E-state index contributed by atoms with van der Waals surface area (Å²) in [5.74, 6) is -2.10. The van der Waals surface area contributed by atoms with Crippen molar-refractivity contribution in [2.75, 3.05) is 4.90 Å². The monoisotopic (exact) mass is 430 g/mol. The van der Waals surface area contributed by atoms with Crippen LogP contribution in [0.2, 0.25) is 0 Å². The molecule has 4 rings (SSSR count). The number of nitrogens with zero attached hydrogens (tertiary/aromatic N) is 1. The molecule has 0 bridgehead atoms. The van der Waals surface area contributed by atoms with E-state index < -0.39 is 23.8 Å². The van der Waals surface area contributed by atoms with E-state index in [9.17, 15) is 19.2 Å². The van der Waals surface area contributed by atoms with E-state index in [2.05, 4.69) is 5.32 Å². The highest BCUT2D eigenvalue weighted by Gasteiger charge is 2.37. The Morgan fingerprint density at radius 2 is 1.72 bits per heavy atom. The van der Waals surface area contributed by atoms with Crippen molar-refractivity contribution in [2.45, 2.75) is 13.8 Å². The SMILES string of the molecule is Cc1cc(C)cc(N2C(=O)NC(=O)/C(=C\c3ccc(-c4cccc(C(=O)O)c4)o3)C2=O)c1. The lowest BCUT2D eigenvalue weighted by Gasteiger charge is -2.26. The van der Waals surface area contributed by atoms with Gasteiger partial charge >= 0.3 is 12.0 Å². The fourth-order valence-electron chi connectivity index (χ4n) is 3.51. The number of hydrogen-bond donors (Lipinski definition) is 2. The Hall–Kier alpha value is -4.46. The number of aromatic carboxylic acids is 1. The maximum Gasteiger partial charge on any atom is 0.335 e. The van der Waals surface area contributed by atoms with E-state index >= 15 is 0 Å². The number of carbonyl (C=O) groups excluding carboxylic acids is 3. The highest BCUT2D eigenvalue weighted by Crippen LogP contribution is 2.27. The van der Waals surface area contributed by atoms with Gasteiger partial charge in [0.05, 0.1) is 11.3 Å². The number of carbonyl (C=O) groups is 4. The quantitative estimate of drug-likeness (QED) is 0.479. The predicted octanol–water partition coefficient (Wildman–Crippen LogP) is 3.93. The molecular weight excluding hydrogens is 412 g/mol. The molecule has 8 nitrogen and oxygen atoms in total. The highest BCUT2D eigenvalue weighted by molar-refractivity contribution is 6.39. The van der Waals surface area contributed by atoms with Crippen LogP contribution in [0.15, 0.2) is 64.6 Å². The minimum absolute atomic E-state index is 0.100. The molecule has 1 fully saturated rings. The minimum Gasteiger partial charge on any atom is -0.478 e. The van der Waals surface area contributed by atoms with Gasteiger partial charge in [-0.05, 0) is 67.4 Å². The van der Waals surface area contributed by atoms with Crippen LogP contribution in [0.3, 0.4) is 0 Å². The van der Waals surface area contributed by atoms with Gasteiger partial charge in [0, 0.05) is 5.56 Å². The van der Waals surface area contributed by atoms with E-state index in [1.807, 2.05) is 19.9 Å². The third-order valence-corrected chi connectivity index (χ3v) is 4.87. The number of benzene rings is 2. The standard InChI is InChI=1S/C24H18N2O6/c1-13-8-14(2)10-17(9-13)26-22(28)19(21(27)25-24(26)31)12-18-6-7-20(32-18)15-4-3-5-16(11-15)23(29)30/h3-12H,1-2H3,(H,29,30)(H,25,27,31)/b19-12+. The van der Waals surface area contributed by atoms with Gasteiger partial charge < -0.3 is 9.52 Å². The molecule has 0 spiro atoms. The van der Waals surface area contributed by atoms with Crippen molar-refractivity contribution >= 4 is 35.6 Å². The Labute approximate surface area is 182 Å².